The first-order valence-electron chi connectivity index (χ1n) is 8.76. The molecule has 1 aromatic carbocycles. The molecule has 29 heavy (non-hydrogen) atoms. The molecule has 1 atom stereocenters. The topological polar surface area (TPSA) is 105 Å². The van der Waals surface area contributed by atoms with Crippen LogP contribution in [0.3, 0.4) is 0 Å². The summed E-state index contributed by atoms with van der Waals surface area (Å²) in [6.45, 7) is -0.240. The number of hydrogen-bond acceptors (Lipinski definition) is 6. The molecule has 1 N–H and O–H groups in total. The number of carbonyl (C=O) groups excluding carboxylic acids is 2. The Morgan fingerprint density at radius 2 is 2.00 bits per heavy atom. The van der Waals surface area contributed by atoms with Crippen molar-refractivity contribution in [1.29, 1.82) is 0 Å². The quantitative estimate of drug-likeness (QED) is 0.755. The van der Waals surface area contributed by atoms with Gasteiger partial charge in [-0.1, -0.05) is 18.2 Å². The second kappa shape index (κ2) is 8.01. The van der Waals surface area contributed by atoms with E-state index in [1.807, 2.05) is 0 Å². The van der Waals surface area contributed by atoms with Gasteiger partial charge in [0.15, 0.2) is 9.84 Å². The van der Waals surface area contributed by atoms with E-state index in [1.165, 1.54) is 18.2 Å². The monoisotopic (exact) mass is 433 g/mol. The van der Waals surface area contributed by atoms with Crippen LogP contribution in [0.2, 0.25) is 0 Å². The molecule has 0 aromatic heterocycles. The van der Waals surface area contributed by atoms with Gasteiger partial charge in [-0.15, -0.1) is 13.2 Å². The van der Waals surface area contributed by atoms with Crippen LogP contribution in [0.15, 0.2) is 29.4 Å². The Hall–Kier alpha value is -2.63. The van der Waals surface area contributed by atoms with Crippen molar-refractivity contribution >= 4 is 27.4 Å². The van der Waals surface area contributed by atoms with E-state index in [2.05, 4.69) is 15.2 Å². The summed E-state index contributed by atoms with van der Waals surface area (Å²) in [6, 6.07) is 4.77. The van der Waals surface area contributed by atoms with E-state index in [0.717, 1.165) is 11.1 Å². The number of hydrogen-bond donors (Lipinski definition) is 1. The molecular formula is C17H18F3N3O5S. The molecule has 1 fully saturated rings. The Balaban J connectivity index is 1.68. The van der Waals surface area contributed by atoms with Crippen molar-refractivity contribution in [3.8, 4) is 5.75 Å². The van der Waals surface area contributed by atoms with Gasteiger partial charge >= 0.3 is 6.36 Å². The average molecular weight is 433 g/mol. The number of rotatable bonds is 5. The number of nitrogens with one attached hydrogen (secondary N) is 1. The van der Waals surface area contributed by atoms with Crippen LogP contribution in [0, 0.1) is 0 Å². The second-order valence-electron chi connectivity index (χ2n) is 6.68. The molecule has 0 spiro atoms. The average Bonchev–Trinajstić information content (AvgIpc) is 2.99. The van der Waals surface area contributed by atoms with Crippen molar-refractivity contribution in [2.45, 2.75) is 38.2 Å². The maximum atomic E-state index is 12.5. The molecule has 2 aliphatic rings. The standard InChI is InChI=1S/C17H18F3N3O5S/c18-17(19,20)28-14-4-2-1-3-11(14)9-21-16(25)13-5-6-15(24)23(22-13)12-7-8-29(26,27)10-12/h1-4,12H,5-10H2,(H,21,25)/t12-/m1/s1. The molecule has 0 radical (unpaired) electrons. The third-order valence-electron chi connectivity index (χ3n) is 4.51. The van der Waals surface area contributed by atoms with E-state index >= 15 is 0 Å². The molecule has 1 aromatic rings. The largest absolute Gasteiger partial charge is 0.573 e. The van der Waals surface area contributed by atoms with Crippen molar-refractivity contribution < 1.29 is 35.9 Å². The van der Waals surface area contributed by atoms with Crippen LogP contribution in [-0.4, -0.2) is 54.9 Å². The number of para-hydroxylation sites is 1. The summed E-state index contributed by atoms with van der Waals surface area (Å²) < 4.78 is 64.7. The summed E-state index contributed by atoms with van der Waals surface area (Å²) in [5.41, 5.74) is 0.132. The van der Waals surface area contributed by atoms with Gasteiger partial charge in [-0.3, -0.25) is 9.59 Å². The van der Waals surface area contributed by atoms with Crippen molar-refractivity contribution in [3.05, 3.63) is 29.8 Å². The molecule has 8 nitrogen and oxygen atoms in total. The van der Waals surface area contributed by atoms with Crippen LogP contribution in [0.1, 0.15) is 24.8 Å². The maximum Gasteiger partial charge on any atom is 0.573 e. The van der Waals surface area contributed by atoms with Crippen LogP contribution in [0.5, 0.6) is 5.75 Å². The number of hydrazone groups is 1. The van der Waals surface area contributed by atoms with Gasteiger partial charge in [0.25, 0.3) is 5.91 Å². The zero-order valence-corrected chi connectivity index (χ0v) is 15.9. The van der Waals surface area contributed by atoms with E-state index in [4.69, 9.17) is 0 Å². The highest BCUT2D eigenvalue weighted by Gasteiger charge is 2.37. The van der Waals surface area contributed by atoms with Gasteiger partial charge in [-0.2, -0.15) is 5.10 Å². The molecule has 3 rings (SSSR count). The third kappa shape index (κ3) is 5.46. The lowest BCUT2D eigenvalue weighted by Crippen LogP contribution is -2.43. The number of amides is 2. The summed E-state index contributed by atoms with van der Waals surface area (Å²) in [6.07, 6.45) is -4.57. The van der Waals surface area contributed by atoms with Crippen molar-refractivity contribution in [2.75, 3.05) is 11.5 Å². The first-order valence-corrected chi connectivity index (χ1v) is 10.6. The minimum Gasteiger partial charge on any atom is -0.405 e. The van der Waals surface area contributed by atoms with Crippen LogP contribution >= 0.6 is 0 Å². The molecule has 158 valence electrons. The van der Waals surface area contributed by atoms with Crippen LogP contribution in [0.25, 0.3) is 0 Å². The molecule has 0 saturated carbocycles. The van der Waals surface area contributed by atoms with Gasteiger partial charge in [0.05, 0.1) is 17.5 Å². The molecule has 1 saturated heterocycles. The highest BCUT2D eigenvalue weighted by atomic mass is 32.2. The molecule has 2 heterocycles. The van der Waals surface area contributed by atoms with Crippen molar-refractivity contribution in [2.24, 2.45) is 5.10 Å². The Morgan fingerprint density at radius 3 is 2.66 bits per heavy atom. The maximum absolute atomic E-state index is 12.5. The minimum atomic E-state index is -4.87. The zero-order chi connectivity index (χ0) is 21.2. The van der Waals surface area contributed by atoms with Crippen LogP contribution < -0.4 is 10.1 Å². The Kier molecular flexibility index (Phi) is 5.82. The van der Waals surface area contributed by atoms with Gasteiger partial charge in [-0.05, 0) is 12.5 Å². The number of ether oxygens (including phenoxy) is 1. The fraction of sp³-hybridized carbons (Fsp3) is 0.471. The molecule has 12 heteroatoms. The third-order valence-corrected chi connectivity index (χ3v) is 6.26. The van der Waals surface area contributed by atoms with Gasteiger partial charge in [0.2, 0.25) is 5.91 Å². The number of benzene rings is 1. The van der Waals surface area contributed by atoms with Crippen molar-refractivity contribution in [1.82, 2.24) is 10.3 Å². The fourth-order valence-corrected chi connectivity index (χ4v) is 4.83. The van der Waals surface area contributed by atoms with Crippen LogP contribution in [-0.2, 0) is 26.0 Å². The lowest BCUT2D eigenvalue weighted by molar-refractivity contribution is -0.274. The van der Waals surface area contributed by atoms with Gasteiger partial charge in [0, 0.05) is 24.9 Å². The zero-order valence-electron chi connectivity index (χ0n) is 15.1. The van der Waals surface area contributed by atoms with Gasteiger partial charge in [0.1, 0.15) is 11.5 Å². The Bertz CT molecular complexity index is 946. The lowest BCUT2D eigenvalue weighted by atomic mass is 10.1. The Morgan fingerprint density at radius 1 is 1.28 bits per heavy atom. The highest BCUT2D eigenvalue weighted by Crippen LogP contribution is 2.26. The van der Waals surface area contributed by atoms with Crippen molar-refractivity contribution in [3.63, 3.8) is 0 Å². The molecule has 2 amide bonds. The van der Waals surface area contributed by atoms with Crippen LogP contribution in [0.4, 0.5) is 13.2 Å². The van der Waals surface area contributed by atoms with E-state index in [9.17, 15) is 31.2 Å². The molecule has 0 aliphatic carbocycles. The number of carbonyl (C=O) groups is 2. The SMILES string of the molecule is O=C(NCc1ccccc1OC(F)(F)F)C1=NN([C@@H]2CCS(=O)(=O)C2)C(=O)CC1. The first-order chi connectivity index (χ1) is 13.5. The molecular weight excluding hydrogens is 415 g/mol. The summed E-state index contributed by atoms with van der Waals surface area (Å²) in [4.78, 5) is 24.5. The minimum absolute atomic E-state index is 0.00340. The number of sulfone groups is 1. The van der Waals surface area contributed by atoms with Gasteiger partial charge in [-0.25, -0.2) is 13.4 Å². The fourth-order valence-electron chi connectivity index (χ4n) is 3.14. The molecule has 0 bridgehead atoms. The Labute approximate surface area is 164 Å². The van der Waals surface area contributed by atoms with Gasteiger partial charge < -0.3 is 10.1 Å². The molecule has 2 aliphatic heterocycles. The summed E-state index contributed by atoms with van der Waals surface area (Å²) in [7, 11) is -3.24. The van der Waals surface area contributed by atoms with E-state index in [1.54, 1.807) is 0 Å². The summed E-state index contributed by atoms with van der Waals surface area (Å²) in [5, 5.41) is 7.53. The van der Waals surface area contributed by atoms with E-state index < -0.39 is 33.9 Å². The predicted octanol–water partition coefficient (Wildman–Crippen LogP) is 1.37. The normalized spacial score (nSPS) is 21.6. The number of halogens is 3. The molecule has 0 unspecified atom stereocenters. The smallest absolute Gasteiger partial charge is 0.405 e. The lowest BCUT2D eigenvalue weighted by Gasteiger charge is -2.27. The van der Waals surface area contributed by atoms with E-state index in [0.29, 0.717) is 0 Å². The number of alkyl halides is 3. The second-order valence-corrected chi connectivity index (χ2v) is 8.91. The predicted molar refractivity (Wildman–Crippen MR) is 95.5 cm³/mol. The summed E-state index contributed by atoms with van der Waals surface area (Å²) in [5.74, 6) is -1.70. The highest BCUT2D eigenvalue weighted by molar-refractivity contribution is 7.91. The van der Waals surface area contributed by atoms with E-state index in [-0.39, 0.29) is 54.5 Å². The first kappa shape index (κ1) is 21.1. The summed E-state index contributed by atoms with van der Waals surface area (Å²) >= 11 is 0. The number of nitrogens with zero attached hydrogens (tertiary/aromatic N) is 2.